The van der Waals surface area contributed by atoms with Gasteiger partial charge in [0.15, 0.2) is 0 Å². The minimum Gasteiger partial charge on any atom is -0.456 e. The first-order valence-corrected chi connectivity index (χ1v) is 20.2. The van der Waals surface area contributed by atoms with E-state index in [2.05, 4.69) is 216 Å². The molecule has 0 N–H and O–H groups in total. The van der Waals surface area contributed by atoms with Gasteiger partial charge in [0, 0.05) is 44.0 Å². The van der Waals surface area contributed by atoms with Gasteiger partial charge in [-0.25, -0.2) is 0 Å². The first-order valence-electron chi connectivity index (χ1n) is 20.2. The minimum absolute atomic E-state index is 0.905. The topological polar surface area (TPSA) is 21.3 Å². The summed E-state index contributed by atoms with van der Waals surface area (Å²) in [5.41, 5.74) is 13.3. The van der Waals surface area contributed by atoms with Crippen molar-refractivity contribution in [3.05, 3.63) is 218 Å². The monoisotopic (exact) mass is 752 g/mol. The van der Waals surface area contributed by atoms with Crippen LogP contribution in [-0.4, -0.2) is 4.57 Å². The number of furan rings is 1. The Labute approximate surface area is 341 Å². The Bertz CT molecular complexity index is 3520. The lowest BCUT2D eigenvalue weighted by molar-refractivity contribution is 0.669. The van der Waals surface area contributed by atoms with Crippen LogP contribution in [0.5, 0.6) is 0 Å². The quantitative estimate of drug-likeness (QED) is 0.158. The van der Waals surface area contributed by atoms with Gasteiger partial charge in [-0.3, -0.25) is 0 Å². The molecule has 12 rings (SSSR count). The summed E-state index contributed by atoms with van der Waals surface area (Å²) < 4.78 is 8.65. The molecule has 0 amide bonds. The van der Waals surface area contributed by atoms with Crippen LogP contribution in [0.4, 0.5) is 17.1 Å². The van der Waals surface area contributed by atoms with E-state index >= 15 is 0 Å². The SMILES string of the molecule is c1cc(-c2ccc(N(c3cccc(-n4c5ccccc5c5ccccc54)c3)c3cc4ccccc4c4ccccc34)cc2)cc(-c2cccc3oc4ccccc4c23)c1. The predicted octanol–water partition coefficient (Wildman–Crippen LogP) is 15.8. The highest BCUT2D eigenvalue weighted by Gasteiger charge is 2.20. The molecule has 0 saturated heterocycles. The van der Waals surface area contributed by atoms with Crippen molar-refractivity contribution in [1.29, 1.82) is 0 Å². The maximum atomic E-state index is 6.25. The van der Waals surface area contributed by atoms with Gasteiger partial charge in [0.1, 0.15) is 11.2 Å². The Balaban J connectivity index is 1.02. The summed E-state index contributed by atoms with van der Waals surface area (Å²) in [4.78, 5) is 2.43. The van der Waals surface area contributed by atoms with Crippen molar-refractivity contribution < 1.29 is 4.42 Å². The second kappa shape index (κ2) is 13.4. The van der Waals surface area contributed by atoms with Crippen molar-refractivity contribution in [3.63, 3.8) is 0 Å². The molecule has 10 aromatic carbocycles. The van der Waals surface area contributed by atoms with E-state index in [0.717, 1.165) is 61.4 Å². The number of para-hydroxylation sites is 3. The highest BCUT2D eigenvalue weighted by molar-refractivity contribution is 6.15. The maximum Gasteiger partial charge on any atom is 0.136 e. The molecule has 0 radical (unpaired) electrons. The number of anilines is 3. The van der Waals surface area contributed by atoms with Gasteiger partial charge >= 0.3 is 0 Å². The van der Waals surface area contributed by atoms with E-state index in [0.29, 0.717) is 0 Å². The fourth-order valence-corrected chi connectivity index (χ4v) is 9.30. The molecule has 2 aromatic heterocycles. The van der Waals surface area contributed by atoms with Gasteiger partial charge in [-0.15, -0.1) is 0 Å². The summed E-state index contributed by atoms with van der Waals surface area (Å²) in [7, 11) is 0. The molecule has 0 atom stereocenters. The summed E-state index contributed by atoms with van der Waals surface area (Å²) in [6.45, 7) is 0. The van der Waals surface area contributed by atoms with Crippen molar-refractivity contribution in [1.82, 2.24) is 4.57 Å². The Hall–Kier alpha value is -7.88. The zero-order valence-corrected chi connectivity index (χ0v) is 32.1. The summed E-state index contributed by atoms with van der Waals surface area (Å²) in [5, 5.41) is 9.68. The Morgan fingerprint density at radius 3 is 1.76 bits per heavy atom. The van der Waals surface area contributed by atoms with Crippen molar-refractivity contribution in [2.45, 2.75) is 0 Å². The van der Waals surface area contributed by atoms with Gasteiger partial charge in [-0.1, -0.05) is 152 Å². The second-order valence-corrected chi connectivity index (χ2v) is 15.3. The molecule has 3 nitrogen and oxygen atoms in total. The van der Waals surface area contributed by atoms with Gasteiger partial charge in [0.25, 0.3) is 0 Å². The number of hydrogen-bond acceptors (Lipinski definition) is 2. The summed E-state index contributed by atoms with van der Waals surface area (Å²) in [6, 6.07) is 78.8. The third-order valence-corrected chi connectivity index (χ3v) is 11.9. The van der Waals surface area contributed by atoms with Crippen molar-refractivity contribution in [2.24, 2.45) is 0 Å². The molecule has 59 heavy (non-hydrogen) atoms. The molecular formula is C56H36N2O. The van der Waals surface area contributed by atoms with Crippen LogP contribution in [0.3, 0.4) is 0 Å². The first-order chi connectivity index (χ1) is 29.3. The van der Waals surface area contributed by atoms with Crippen molar-refractivity contribution in [3.8, 4) is 27.9 Å². The second-order valence-electron chi connectivity index (χ2n) is 15.3. The van der Waals surface area contributed by atoms with Gasteiger partial charge < -0.3 is 13.9 Å². The van der Waals surface area contributed by atoms with E-state index in [1.165, 1.54) is 48.9 Å². The average Bonchev–Trinajstić information content (AvgIpc) is 3.86. The maximum absolute atomic E-state index is 6.25. The number of nitrogens with zero attached hydrogens (tertiary/aromatic N) is 2. The number of benzene rings is 10. The molecule has 0 aliphatic rings. The number of aromatic nitrogens is 1. The molecule has 12 aromatic rings. The van der Waals surface area contributed by atoms with E-state index < -0.39 is 0 Å². The Morgan fingerprint density at radius 2 is 0.966 bits per heavy atom. The molecule has 0 spiro atoms. The summed E-state index contributed by atoms with van der Waals surface area (Å²) >= 11 is 0. The van der Waals surface area contributed by atoms with E-state index in [1.807, 2.05) is 12.1 Å². The highest BCUT2D eigenvalue weighted by atomic mass is 16.3. The lowest BCUT2D eigenvalue weighted by atomic mass is 9.95. The van der Waals surface area contributed by atoms with Crippen LogP contribution in [0.1, 0.15) is 0 Å². The average molecular weight is 753 g/mol. The molecule has 0 aliphatic carbocycles. The van der Waals surface area contributed by atoms with Crippen molar-refractivity contribution in [2.75, 3.05) is 4.90 Å². The van der Waals surface area contributed by atoms with Crippen LogP contribution in [0.25, 0.3) is 93.2 Å². The Kier molecular flexibility index (Phi) is 7.54. The van der Waals surface area contributed by atoms with E-state index in [9.17, 15) is 0 Å². The molecule has 0 unspecified atom stereocenters. The minimum atomic E-state index is 0.905. The summed E-state index contributed by atoms with van der Waals surface area (Å²) in [6.07, 6.45) is 0. The number of fused-ring (bicyclic) bond motifs is 9. The molecule has 0 bridgehead atoms. The van der Waals surface area contributed by atoms with Crippen LogP contribution >= 0.6 is 0 Å². The number of rotatable bonds is 6. The zero-order valence-electron chi connectivity index (χ0n) is 32.1. The standard InChI is InChI=1S/C56H36N2O/c1-2-19-44-40(14-1)35-53(47-21-4-3-20-46(44)47)57(42-17-12-18-43(36-42)58-51-26-8-5-22-48(51)49-23-6-9-27-52(49)58)41-32-30-37(31-33-41)38-15-11-16-39(34-38)45-25-13-29-55-56(45)50-24-7-10-28-54(50)59-55/h1-36H. The van der Waals surface area contributed by atoms with Crippen LogP contribution in [0, 0.1) is 0 Å². The molecule has 2 heterocycles. The van der Waals surface area contributed by atoms with Crippen molar-refractivity contribution >= 4 is 82.4 Å². The third kappa shape index (κ3) is 5.36. The summed E-state index contributed by atoms with van der Waals surface area (Å²) in [5.74, 6) is 0. The third-order valence-electron chi connectivity index (χ3n) is 11.9. The fraction of sp³-hybridized carbons (Fsp3) is 0. The normalized spacial score (nSPS) is 11.7. The first kappa shape index (κ1) is 33.3. The fourth-order valence-electron chi connectivity index (χ4n) is 9.30. The smallest absolute Gasteiger partial charge is 0.136 e. The molecule has 0 aliphatic heterocycles. The van der Waals surface area contributed by atoms with E-state index in [1.54, 1.807) is 0 Å². The molecule has 0 saturated carbocycles. The molecule has 276 valence electrons. The lowest BCUT2D eigenvalue weighted by Crippen LogP contribution is -2.11. The molecule has 3 heteroatoms. The lowest BCUT2D eigenvalue weighted by Gasteiger charge is -2.28. The largest absolute Gasteiger partial charge is 0.456 e. The zero-order chi connectivity index (χ0) is 38.9. The van der Waals surface area contributed by atoms with Crippen LogP contribution in [-0.2, 0) is 0 Å². The number of hydrogen-bond donors (Lipinski definition) is 0. The van der Waals surface area contributed by atoms with Crippen LogP contribution < -0.4 is 4.90 Å². The predicted molar refractivity (Wildman–Crippen MR) is 249 cm³/mol. The Morgan fingerprint density at radius 1 is 0.356 bits per heavy atom. The van der Waals surface area contributed by atoms with Gasteiger partial charge in [0.2, 0.25) is 0 Å². The van der Waals surface area contributed by atoms with E-state index in [4.69, 9.17) is 4.42 Å². The van der Waals surface area contributed by atoms with Gasteiger partial charge in [-0.05, 0) is 105 Å². The van der Waals surface area contributed by atoms with Gasteiger partial charge in [0.05, 0.1) is 16.7 Å². The van der Waals surface area contributed by atoms with E-state index in [-0.39, 0.29) is 0 Å². The molecular weight excluding hydrogens is 717 g/mol. The molecule has 0 fully saturated rings. The van der Waals surface area contributed by atoms with Crippen LogP contribution in [0.15, 0.2) is 223 Å². The van der Waals surface area contributed by atoms with Gasteiger partial charge in [-0.2, -0.15) is 0 Å². The highest BCUT2D eigenvalue weighted by Crippen LogP contribution is 2.44. The van der Waals surface area contributed by atoms with Crippen LogP contribution in [0.2, 0.25) is 0 Å².